The van der Waals surface area contributed by atoms with Crippen LogP contribution in [0.3, 0.4) is 0 Å². The summed E-state index contributed by atoms with van der Waals surface area (Å²) in [5.41, 5.74) is 0.967. The third-order valence-corrected chi connectivity index (χ3v) is 1.35. The second-order valence-corrected chi connectivity index (χ2v) is 2.42. The van der Waals surface area contributed by atoms with Gasteiger partial charge in [-0.25, -0.2) is 9.97 Å². The molecule has 0 N–H and O–H groups in total. The highest BCUT2D eigenvalue weighted by Crippen LogP contribution is 1.95. The minimum Gasteiger partial charge on any atom is -0.237 e. The van der Waals surface area contributed by atoms with E-state index in [0.717, 1.165) is 5.69 Å². The highest BCUT2D eigenvalue weighted by molar-refractivity contribution is 6.19. The predicted molar refractivity (Wildman–Crippen MR) is 46.5 cm³/mol. The third-order valence-electron chi connectivity index (χ3n) is 1.17. The van der Waals surface area contributed by atoms with Crippen LogP contribution in [0.15, 0.2) is 18.3 Å². The molecule has 0 saturated heterocycles. The summed E-state index contributed by atoms with van der Waals surface area (Å²) in [6, 6.07) is 1.86. The Morgan fingerprint density at radius 3 is 3.09 bits per heavy atom. The fourth-order valence-corrected chi connectivity index (χ4v) is 0.788. The van der Waals surface area contributed by atoms with Gasteiger partial charge in [-0.1, -0.05) is 6.08 Å². The molecule has 0 aliphatic carbocycles. The minimum atomic E-state index is 0.497. The van der Waals surface area contributed by atoms with E-state index in [0.29, 0.717) is 11.7 Å². The van der Waals surface area contributed by atoms with Gasteiger partial charge >= 0.3 is 0 Å². The zero-order chi connectivity index (χ0) is 8.10. The first kappa shape index (κ1) is 8.21. The molecule has 0 fully saturated rings. The van der Waals surface area contributed by atoms with E-state index in [4.69, 9.17) is 11.6 Å². The summed E-state index contributed by atoms with van der Waals surface area (Å²) in [7, 11) is 0. The van der Waals surface area contributed by atoms with E-state index >= 15 is 0 Å². The molecule has 11 heavy (non-hydrogen) atoms. The number of aromatic nitrogens is 2. The van der Waals surface area contributed by atoms with Gasteiger partial charge in [0.25, 0.3) is 0 Å². The molecule has 1 aromatic rings. The predicted octanol–water partition coefficient (Wildman–Crippen LogP) is 2.04. The third kappa shape index (κ3) is 2.68. The van der Waals surface area contributed by atoms with Crippen molar-refractivity contribution in [1.82, 2.24) is 9.97 Å². The van der Waals surface area contributed by atoms with Gasteiger partial charge in [0.2, 0.25) is 0 Å². The van der Waals surface area contributed by atoms with Gasteiger partial charge in [-0.2, -0.15) is 0 Å². The maximum atomic E-state index is 5.45. The Morgan fingerprint density at radius 1 is 1.64 bits per heavy atom. The van der Waals surface area contributed by atoms with Gasteiger partial charge < -0.3 is 0 Å². The van der Waals surface area contributed by atoms with Crippen molar-refractivity contribution in [2.75, 3.05) is 5.88 Å². The normalized spacial score (nSPS) is 10.7. The van der Waals surface area contributed by atoms with Crippen molar-refractivity contribution in [3.05, 3.63) is 29.9 Å². The Kier molecular flexibility index (Phi) is 3.05. The summed E-state index contributed by atoms with van der Waals surface area (Å²) in [6.45, 7) is 1.93. The van der Waals surface area contributed by atoms with Crippen LogP contribution in [0.1, 0.15) is 11.5 Å². The molecule has 58 valence electrons. The van der Waals surface area contributed by atoms with E-state index in [2.05, 4.69) is 9.97 Å². The second-order valence-electron chi connectivity index (χ2n) is 2.11. The van der Waals surface area contributed by atoms with Crippen LogP contribution >= 0.6 is 11.6 Å². The zero-order valence-electron chi connectivity index (χ0n) is 6.29. The largest absolute Gasteiger partial charge is 0.237 e. The monoisotopic (exact) mass is 168 g/mol. The van der Waals surface area contributed by atoms with Gasteiger partial charge in [-0.15, -0.1) is 11.6 Å². The highest BCUT2D eigenvalue weighted by Gasteiger charge is 1.88. The summed E-state index contributed by atoms with van der Waals surface area (Å²) in [6.07, 6.45) is 5.35. The number of aryl methyl sites for hydroxylation is 1. The maximum absolute atomic E-state index is 5.45. The molecule has 0 amide bonds. The van der Waals surface area contributed by atoms with Crippen LogP contribution in [0.25, 0.3) is 6.08 Å². The molecule has 0 aliphatic rings. The van der Waals surface area contributed by atoms with Crippen molar-refractivity contribution < 1.29 is 0 Å². The van der Waals surface area contributed by atoms with Crippen LogP contribution in [-0.4, -0.2) is 15.8 Å². The van der Waals surface area contributed by atoms with Crippen molar-refractivity contribution in [2.45, 2.75) is 6.92 Å². The van der Waals surface area contributed by atoms with Gasteiger partial charge in [0.05, 0.1) is 0 Å². The van der Waals surface area contributed by atoms with Crippen LogP contribution in [0.5, 0.6) is 0 Å². The zero-order valence-corrected chi connectivity index (χ0v) is 7.04. The number of alkyl halides is 1. The molecule has 1 heterocycles. The van der Waals surface area contributed by atoms with Gasteiger partial charge in [0, 0.05) is 17.8 Å². The SMILES string of the molecule is Cc1ccnc(C=CCCl)n1. The summed E-state index contributed by atoms with van der Waals surface area (Å²) < 4.78 is 0. The highest BCUT2D eigenvalue weighted by atomic mass is 35.5. The molecule has 0 spiro atoms. The Labute approximate surface area is 70.9 Å². The number of hydrogen-bond donors (Lipinski definition) is 0. The van der Waals surface area contributed by atoms with Gasteiger partial charge in [-0.05, 0) is 19.1 Å². The van der Waals surface area contributed by atoms with E-state index in [1.54, 1.807) is 12.3 Å². The number of allylic oxidation sites excluding steroid dienone is 1. The Balaban J connectivity index is 2.79. The molecule has 2 nitrogen and oxygen atoms in total. The lowest BCUT2D eigenvalue weighted by atomic mass is 10.4. The lowest BCUT2D eigenvalue weighted by Crippen LogP contribution is -1.88. The lowest BCUT2D eigenvalue weighted by molar-refractivity contribution is 1.08. The van der Waals surface area contributed by atoms with E-state index in [-0.39, 0.29) is 0 Å². The van der Waals surface area contributed by atoms with E-state index < -0.39 is 0 Å². The van der Waals surface area contributed by atoms with Crippen molar-refractivity contribution in [2.24, 2.45) is 0 Å². The fraction of sp³-hybridized carbons (Fsp3) is 0.250. The lowest BCUT2D eigenvalue weighted by Gasteiger charge is -1.91. The summed E-state index contributed by atoms with van der Waals surface area (Å²) >= 11 is 5.45. The van der Waals surface area contributed by atoms with E-state index in [1.165, 1.54) is 0 Å². The fourth-order valence-electron chi connectivity index (χ4n) is 0.699. The van der Waals surface area contributed by atoms with Crippen molar-refractivity contribution in [1.29, 1.82) is 0 Å². The molecule has 0 saturated carbocycles. The number of halogens is 1. The van der Waals surface area contributed by atoms with Crippen LogP contribution in [-0.2, 0) is 0 Å². The molecule has 1 aromatic heterocycles. The minimum absolute atomic E-state index is 0.497. The number of nitrogens with zero attached hydrogens (tertiary/aromatic N) is 2. The van der Waals surface area contributed by atoms with Crippen LogP contribution in [0.4, 0.5) is 0 Å². The molecule has 0 radical (unpaired) electrons. The van der Waals surface area contributed by atoms with Gasteiger partial charge in [-0.3, -0.25) is 0 Å². The number of rotatable bonds is 2. The summed E-state index contributed by atoms with van der Waals surface area (Å²) in [5, 5.41) is 0. The summed E-state index contributed by atoms with van der Waals surface area (Å²) in [4.78, 5) is 8.17. The van der Waals surface area contributed by atoms with Crippen LogP contribution < -0.4 is 0 Å². The van der Waals surface area contributed by atoms with Crippen LogP contribution in [0.2, 0.25) is 0 Å². The van der Waals surface area contributed by atoms with Crippen LogP contribution in [0, 0.1) is 6.92 Å². The Bertz CT molecular complexity index is 258. The quantitative estimate of drug-likeness (QED) is 0.632. The smallest absolute Gasteiger partial charge is 0.151 e. The van der Waals surface area contributed by atoms with Crippen molar-refractivity contribution in [3.8, 4) is 0 Å². The molecule has 0 unspecified atom stereocenters. The molecular formula is C8H9ClN2. The molecule has 0 atom stereocenters. The first-order valence-corrected chi connectivity index (χ1v) is 3.88. The number of hydrogen-bond acceptors (Lipinski definition) is 2. The molecule has 0 aliphatic heterocycles. The first-order valence-electron chi connectivity index (χ1n) is 3.35. The Hall–Kier alpha value is -0.890. The van der Waals surface area contributed by atoms with E-state index in [9.17, 15) is 0 Å². The molecule has 1 rings (SSSR count). The van der Waals surface area contributed by atoms with E-state index in [1.807, 2.05) is 19.1 Å². The average molecular weight is 169 g/mol. The molecule has 0 bridgehead atoms. The maximum Gasteiger partial charge on any atom is 0.151 e. The van der Waals surface area contributed by atoms with Crippen molar-refractivity contribution >= 4 is 17.7 Å². The molecule has 3 heteroatoms. The standard InChI is InChI=1S/C8H9ClN2/c1-7-4-6-10-8(11-7)3-2-5-9/h2-4,6H,5H2,1H3. The second kappa shape index (κ2) is 4.09. The van der Waals surface area contributed by atoms with Gasteiger partial charge in [0.15, 0.2) is 5.82 Å². The first-order chi connectivity index (χ1) is 5.33. The Morgan fingerprint density at radius 2 is 2.45 bits per heavy atom. The summed E-state index contributed by atoms with van der Waals surface area (Å²) in [5.74, 6) is 1.21. The molecule has 0 aromatic carbocycles. The average Bonchev–Trinajstić information content (AvgIpc) is 2.01. The topological polar surface area (TPSA) is 25.8 Å². The molecular weight excluding hydrogens is 160 g/mol. The van der Waals surface area contributed by atoms with Gasteiger partial charge in [0.1, 0.15) is 0 Å². The van der Waals surface area contributed by atoms with Crippen molar-refractivity contribution in [3.63, 3.8) is 0 Å².